The lowest BCUT2D eigenvalue weighted by Gasteiger charge is -2.17. The van der Waals surface area contributed by atoms with Gasteiger partial charge in [0.2, 0.25) is 5.91 Å². The number of amides is 1. The number of ether oxygens (including phenoxy) is 1. The maximum atomic E-state index is 13.2. The van der Waals surface area contributed by atoms with E-state index in [1.165, 1.54) is 12.1 Å². The number of aryl methyl sites for hydroxylation is 2. The summed E-state index contributed by atoms with van der Waals surface area (Å²) in [5.41, 5.74) is 2.42. The van der Waals surface area contributed by atoms with Gasteiger partial charge in [-0.2, -0.15) is 0 Å². The third kappa shape index (κ3) is 5.35. The Morgan fingerprint density at radius 1 is 1.17 bits per heavy atom. The molecular formula is C19H23FN2O2. The first-order valence-electron chi connectivity index (χ1n) is 7.88. The molecule has 0 aliphatic carbocycles. The van der Waals surface area contributed by atoms with Crippen molar-refractivity contribution in [1.29, 1.82) is 0 Å². The molecule has 0 aromatic heterocycles. The van der Waals surface area contributed by atoms with Crippen molar-refractivity contribution in [3.05, 3.63) is 59.4 Å². The molecule has 2 rings (SSSR count). The first kappa shape index (κ1) is 17.9. The molecule has 4 nitrogen and oxygen atoms in total. The highest BCUT2D eigenvalue weighted by atomic mass is 19.1. The number of anilines is 1. The molecule has 0 heterocycles. The smallest absolute Gasteiger partial charge is 0.238 e. The van der Waals surface area contributed by atoms with Crippen LogP contribution in [0.3, 0.4) is 0 Å². The summed E-state index contributed by atoms with van der Waals surface area (Å²) in [6, 6.07) is 12.2. The van der Waals surface area contributed by atoms with Crippen LogP contribution in [0.1, 0.15) is 11.1 Å². The number of halogens is 1. The lowest BCUT2D eigenvalue weighted by atomic mass is 10.2. The van der Waals surface area contributed by atoms with Crippen molar-refractivity contribution in [1.82, 2.24) is 4.90 Å². The highest BCUT2D eigenvalue weighted by molar-refractivity contribution is 5.92. The monoisotopic (exact) mass is 330 g/mol. The predicted octanol–water partition coefficient (Wildman–Crippen LogP) is 3.39. The van der Waals surface area contributed by atoms with Crippen molar-refractivity contribution in [2.45, 2.75) is 13.8 Å². The van der Waals surface area contributed by atoms with Gasteiger partial charge in [0.05, 0.1) is 6.54 Å². The fraction of sp³-hybridized carbons (Fsp3) is 0.316. The van der Waals surface area contributed by atoms with E-state index in [1.54, 1.807) is 6.07 Å². The molecule has 0 aliphatic heterocycles. The first-order chi connectivity index (χ1) is 11.5. The Labute approximate surface area is 142 Å². The van der Waals surface area contributed by atoms with Gasteiger partial charge in [0.1, 0.15) is 18.2 Å². The number of benzene rings is 2. The SMILES string of the molecule is Cc1ccc(F)cc1NC(=O)CN(C)CCOc1ccccc1C. The molecule has 0 bridgehead atoms. The molecule has 5 heteroatoms. The average molecular weight is 330 g/mol. The van der Waals surface area contributed by atoms with E-state index in [2.05, 4.69) is 5.32 Å². The van der Waals surface area contributed by atoms with Crippen molar-refractivity contribution >= 4 is 11.6 Å². The van der Waals surface area contributed by atoms with Gasteiger partial charge in [0, 0.05) is 12.2 Å². The second-order valence-electron chi connectivity index (χ2n) is 5.86. The normalized spacial score (nSPS) is 10.7. The van der Waals surface area contributed by atoms with Gasteiger partial charge < -0.3 is 10.1 Å². The topological polar surface area (TPSA) is 41.6 Å². The van der Waals surface area contributed by atoms with Crippen LogP contribution in [0.5, 0.6) is 5.75 Å². The fourth-order valence-corrected chi connectivity index (χ4v) is 2.27. The Balaban J connectivity index is 1.77. The van der Waals surface area contributed by atoms with Gasteiger partial charge in [-0.3, -0.25) is 9.69 Å². The van der Waals surface area contributed by atoms with Crippen LogP contribution >= 0.6 is 0 Å². The highest BCUT2D eigenvalue weighted by Crippen LogP contribution is 2.16. The summed E-state index contributed by atoms with van der Waals surface area (Å²) >= 11 is 0. The van der Waals surface area contributed by atoms with Crippen molar-refractivity contribution < 1.29 is 13.9 Å². The minimum atomic E-state index is -0.365. The third-order valence-corrected chi connectivity index (χ3v) is 3.71. The zero-order chi connectivity index (χ0) is 17.5. The van der Waals surface area contributed by atoms with Crippen LogP contribution in [0, 0.1) is 19.7 Å². The number of hydrogen-bond donors (Lipinski definition) is 1. The van der Waals surface area contributed by atoms with Crippen molar-refractivity contribution in [2.24, 2.45) is 0 Å². The molecule has 0 fully saturated rings. The molecule has 0 unspecified atom stereocenters. The number of likely N-dealkylation sites (N-methyl/N-ethyl adjacent to an activating group) is 1. The molecule has 1 amide bonds. The average Bonchev–Trinajstić information content (AvgIpc) is 2.52. The molecule has 0 aliphatic rings. The van der Waals surface area contributed by atoms with E-state index >= 15 is 0 Å². The van der Waals surface area contributed by atoms with Crippen LogP contribution in [0.4, 0.5) is 10.1 Å². The Morgan fingerprint density at radius 3 is 2.67 bits per heavy atom. The standard InChI is InChI=1S/C19H23FN2O2/c1-14-8-9-16(20)12-17(14)21-19(23)13-22(3)10-11-24-18-7-5-4-6-15(18)2/h4-9,12H,10-11,13H2,1-3H3,(H,21,23). The van der Waals surface area contributed by atoms with E-state index in [1.807, 2.05) is 50.1 Å². The van der Waals surface area contributed by atoms with Crippen LogP contribution in [0.2, 0.25) is 0 Å². The number of rotatable bonds is 7. The molecule has 0 saturated heterocycles. The molecule has 2 aromatic carbocycles. The Hall–Kier alpha value is -2.40. The molecular weight excluding hydrogens is 307 g/mol. The summed E-state index contributed by atoms with van der Waals surface area (Å²) < 4.78 is 19.0. The largest absolute Gasteiger partial charge is 0.492 e. The molecule has 0 spiro atoms. The molecule has 0 radical (unpaired) electrons. The van der Waals surface area contributed by atoms with Crippen LogP contribution in [-0.4, -0.2) is 37.6 Å². The van der Waals surface area contributed by atoms with Crippen LogP contribution < -0.4 is 10.1 Å². The summed E-state index contributed by atoms with van der Waals surface area (Å²) in [5, 5.41) is 2.74. The summed E-state index contributed by atoms with van der Waals surface area (Å²) in [4.78, 5) is 13.9. The maximum absolute atomic E-state index is 13.2. The zero-order valence-electron chi connectivity index (χ0n) is 14.3. The first-order valence-corrected chi connectivity index (χ1v) is 7.88. The Kier molecular flexibility index (Phi) is 6.32. The van der Waals surface area contributed by atoms with Crippen molar-refractivity contribution in [2.75, 3.05) is 32.1 Å². The summed E-state index contributed by atoms with van der Waals surface area (Å²) in [7, 11) is 1.85. The van der Waals surface area contributed by atoms with Crippen LogP contribution in [0.25, 0.3) is 0 Å². The Bertz CT molecular complexity index is 704. The number of nitrogens with zero attached hydrogens (tertiary/aromatic N) is 1. The lowest BCUT2D eigenvalue weighted by molar-refractivity contribution is -0.117. The number of nitrogens with one attached hydrogen (secondary N) is 1. The highest BCUT2D eigenvalue weighted by Gasteiger charge is 2.09. The van der Waals surface area contributed by atoms with E-state index < -0.39 is 0 Å². The van der Waals surface area contributed by atoms with Gasteiger partial charge >= 0.3 is 0 Å². The van der Waals surface area contributed by atoms with Gasteiger partial charge in [-0.1, -0.05) is 24.3 Å². The summed E-state index contributed by atoms with van der Waals surface area (Å²) in [5.74, 6) is 0.309. The molecule has 24 heavy (non-hydrogen) atoms. The van der Waals surface area contributed by atoms with E-state index in [0.29, 0.717) is 18.8 Å². The van der Waals surface area contributed by atoms with E-state index in [4.69, 9.17) is 4.74 Å². The molecule has 128 valence electrons. The fourth-order valence-electron chi connectivity index (χ4n) is 2.27. The minimum absolute atomic E-state index is 0.179. The summed E-state index contributed by atoms with van der Waals surface area (Å²) in [6.07, 6.45) is 0. The zero-order valence-corrected chi connectivity index (χ0v) is 14.3. The minimum Gasteiger partial charge on any atom is -0.492 e. The van der Waals surface area contributed by atoms with E-state index in [9.17, 15) is 9.18 Å². The molecule has 0 saturated carbocycles. The number of carbonyl (C=O) groups excluding carboxylic acids is 1. The number of hydrogen-bond acceptors (Lipinski definition) is 3. The van der Waals surface area contributed by atoms with E-state index in [0.717, 1.165) is 16.9 Å². The maximum Gasteiger partial charge on any atom is 0.238 e. The third-order valence-electron chi connectivity index (χ3n) is 3.71. The number of carbonyl (C=O) groups is 1. The van der Waals surface area contributed by atoms with E-state index in [-0.39, 0.29) is 18.3 Å². The molecule has 2 aromatic rings. The van der Waals surface area contributed by atoms with Crippen molar-refractivity contribution in [3.8, 4) is 5.75 Å². The summed E-state index contributed by atoms with van der Waals surface area (Å²) in [6.45, 7) is 5.15. The predicted molar refractivity (Wildman–Crippen MR) is 93.9 cm³/mol. The van der Waals surface area contributed by atoms with Gasteiger partial charge in [0.15, 0.2) is 0 Å². The number of para-hydroxylation sites is 1. The van der Waals surface area contributed by atoms with Gasteiger partial charge in [0.25, 0.3) is 0 Å². The van der Waals surface area contributed by atoms with Crippen LogP contribution in [-0.2, 0) is 4.79 Å². The second kappa shape index (κ2) is 8.45. The second-order valence-corrected chi connectivity index (χ2v) is 5.86. The van der Waals surface area contributed by atoms with Crippen molar-refractivity contribution in [3.63, 3.8) is 0 Å². The quantitative estimate of drug-likeness (QED) is 0.846. The van der Waals surface area contributed by atoms with Gasteiger partial charge in [-0.05, 0) is 50.2 Å². The Morgan fingerprint density at radius 2 is 1.92 bits per heavy atom. The molecule has 0 atom stereocenters. The molecule has 1 N–H and O–H groups in total. The van der Waals surface area contributed by atoms with Crippen LogP contribution in [0.15, 0.2) is 42.5 Å². The lowest BCUT2D eigenvalue weighted by Crippen LogP contribution is -2.33. The van der Waals surface area contributed by atoms with Gasteiger partial charge in [-0.15, -0.1) is 0 Å². The van der Waals surface area contributed by atoms with Gasteiger partial charge in [-0.25, -0.2) is 4.39 Å².